The molecule has 0 amide bonds. The van der Waals surface area contributed by atoms with Crippen LogP contribution in [0, 0.1) is 12.8 Å². The molecule has 1 rings (SSSR count). The van der Waals surface area contributed by atoms with Crippen LogP contribution in [0.2, 0.25) is 0 Å². The van der Waals surface area contributed by atoms with Crippen molar-refractivity contribution in [1.29, 1.82) is 0 Å². The van der Waals surface area contributed by atoms with Crippen LogP contribution >= 0.6 is 0 Å². The quantitative estimate of drug-likeness (QED) is 0.347. The minimum atomic E-state index is -4.80. The molecule has 0 saturated carbocycles. The number of hydrogen-bond acceptors (Lipinski definition) is 2. The van der Waals surface area contributed by atoms with Crippen LogP contribution in [0.15, 0.2) is 35.6 Å². The van der Waals surface area contributed by atoms with Crippen molar-refractivity contribution in [2.75, 3.05) is 7.11 Å². The van der Waals surface area contributed by atoms with Gasteiger partial charge in [0.15, 0.2) is 5.60 Å². The molecule has 0 bridgehead atoms. The lowest BCUT2D eigenvalue weighted by molar-refractivity contribution is -0.270. The molecule has 0 saturated heterocycles. The minimum Gasteiger partial charge on any atom is -0.496 e. The van der Waals surface area contributed by atoms with Gasteiger partial charge in [0, 0.05) is 5.56 Å². The predicted octanol–water partition coefficient (Wildman–Crippen LogP) is 7.10. The SMILES string of the molecule is CC/C=C(\C)CC=C=Cc1cc(OC)c(C(O)(CCC(C)C)C(F)(F)F)cc1C. The molecule has 0 radical (unpaired) electrons. The van der Waals surface area contributed by atoms with E-state index in [-0.39, 0.29) is 23.7 Å². The smallest absolute Gasteiger partial charge is 0.421 e. The molecule has 5 heteroatoms. The molecular weight excluding hydrogens is 377 g/mol. The molecule has 1 N–H and O–H groups in total. The largest absolute Gasteiger partial charge is 0.496 e. The van der Waals surface area contributed by atoms with Crippen LogP contribution in [0.4, 0.5) is 13.2 Å². The van der Waals surface area contributed by atoms with Crippen LogP contribution in [0.3, 0.4) is 0 Å². The van der Waals surface area contributed by atoms with E-state index in [9.17, 15) is 18.3 Å². The highest BCUT2D eigenvalue weighted by atomic mass is 19.4. The Balaban J connectivity index is 3.35. The first-order valence-corrected chi connectivity index (χ1v) is 10.0. The fourth-order valence-electron chi connectivity index (χ4n) is 3.08. The normalized spacial score (nSPS) is 14.4. The third-order valence-electron chi connectivity index (χ3n) is 4.92. The fraction of sp³-hybridized carbons (Fsp3) is 0.542. The highest BCUT2D eigenvalue weighted by Crippen LogP contribution is 2.47. The van der Waals surface area contributed by atoms with Gasteiger partial charge in [0.25, 0.3) is 0 Å². The summed E-state index contributed by atoms with van der Waals surface area (Å²) in [5.41, 5.74) is 2.44. The van der Waals surface area contributed by atoms with E-state index in [2.05, 4.69) is 18.7 Å². The third kappa shape index (κ3) is 6.80. The monoisotopic (exact) mass is 410 g/mol. The van der Waals surface area contributed by atoms with E-state index in [1.165, 1.54) is 24.8 Å². The summed E-state index contributed by atoms with van der Waals surface area (Å²) in [6.45, 7) is 9.50. The molecule has 0 aliphatic carbocycles. The van der Waals surface area contributed by atoms with Gasteiger partial charge in [-0.1, -0.05) is 32.4 Å². The number of ether oxygens (including phenoxy) is 1. The lowest BCUT2D eigenvalue weighted by Crippen LogP contribution is -2.43. The van der Waals surface area contributed by atoms with Crippen LogP contribution in [-0.2, 0) is 5.60 Å². The van der Waals surface area contributed by atoms with Crippen molar-refractivity contribution in [2.45, 2.75) is 72.1 Å². The highest BCUT2D eigenvalue weighted by Gasteiger charge is 2.55. The summed E-state index contributed by atoms with van der Waals surface area (Å²) in [5.74, 6) is 0.0582. The Morgan fingerprint density at radius 3 is 2.45 bits per heavy atom. The van der Waals surface area contributed by atoms with Gasteiger partial charge in [-0.2, -0.15) is 13.2 Å². The highest BCUT2D eigenvalue weighted by molar-refractivity contribution is 5.59. The first-order chi connectivity index (χ1) is 13.5. The zero-order valence-electron chi connectivity index (χ0n) is 18.3. The van der Waals surface area contributed by atoms with E-state index in [0.29, 0.717) is 11.1 Å². The van der Waals surface area contributed by atoms with E-state index in [1.807, 2.05) is 26.8 Å². The Hall–Kier alpha value is -1.97. The number of benzene rings is 1. The second kappa shape index (κ2) is 10.7. The average molecular weight is 411 g/mol. The number of methoxy groups -OCH3 is 1. The van der Waals surface area contributed by atoms with Gasteiger partial charge in [-0.05, 0) is 80.9 Å². The van der Waals surface area contributed by atoms with Crippen molar-refractivity contribution < 1.29 is 23.0 Å². The Labute approximate surface area is 172 Å². The molecule has 2 nitrogen and oxygen atoms in total. The van der Waals surface area contributed by atoms with Crippen molar-refractivity contribution >= 4 is 6.08 Å². The molecular formula is C24H33F3O2. The maximum Gasteiger partial charge on any atom is 0.421 e. The van der Waals surface area contributed by atoms with Gasteiger partial charge in [0.05, 0.1) is 7.11 Å². The molecule has 0 spiro atoms. The van der Waals surface area contributed by atoms with Gasteiger partial charge in [0.1, 0.15) is 5.75 Å². The molecule has 1 aromatic carbocycles. The van der Waals surface area contributed by atoms with Gasteiger partial charge in [-0.3, -0.25) is 0 Å². The maximum atomic E-state index is 13.8. The van der Waals surface area contributed by atoms with Crippen molar-refractivity contribution in [1.82, 2.24) is 0 Å². The van der Waals surface area contributed by atoms with Gasteiger partial charge in [-0.15, -0.1) is 5.73 Å². The minimum absolute atomic E-state index is 0.0225. The predicted molar refractivity (Wildman–Crippen MR) is 113 cm³/mol. The number of aliphatic hydroxyl groups is 1. The van der Waals surface area contributed by atoms with Crippen molar-refractivity contribution in [2.24, 2.45) is 5.92 Å². The Morgan fingerprint density at radius 1 is 1.28 bits per heavy atom. The summed E-state index contributed by atoms with van der Waals surface area (Å²) in [4.78, 5) is 0. The van der Waals surface area contributed by atoms with E-state index in [4.69, 9.17) is 4.74 Å². The summed E-state index contributed by atoms with van der Waals surface area (Å²) in [5, 5.41) is 10.7. The number of allylic oxidation sites excluding steroid dienone is 3. The first-order valence-electron chi connectivity index (χ1n) is 10.0. The number of aryl methyl sites for hydroxylation is 1. The molecule has 29 heavy (non-hydrogen) atoms. The van der Waals surface area contributed by atoms with Gasteiger partial charge >= 0.3 is 6.18 Å². The van der Waals surface area contributed by atoms with Gasteiger partial charge < -0.3 is 9.84 Å². The molecule has 162 valence electrons. The summed E-state index contributed by atoms with van der Waals surface area (Å²) in [7, 11) is 1.32. The zero-order chi connectivity index (χ0) is 22.2. The first kappa shape index (κ1) is 25.1. The Bertz CT molecular complexity index is 769. The molecule has 1 unspecified atom stereocenters. The second-order valence-electron chi connectivity index (χ2n) is 7.88. The molecule has 0 aromatic heterocycles. The maximum absolute atomic E-state index is 13.8. The Morgan fingerprint density at radius 2 is 1.93 bits per heavy atom. The Kier molecular flexibility index (Phi) is 9.25. The summed E-state index contributed by atoms with van der Waals surface area (Å²) in [6.07, 6.45) is 2.51. The van der Waals surface area contributed by atoms with Crippen molar-refractivity contribution in [3.05, 3.63) is 52.3 Å². The number of halogens is 3. The molecule has 1 atom stereocenters. The zero-order valence-corrected chi connectivity index (χ0v) is 18.3. The number of alkyl halides is 3. The van der Waals surface area contributed by atoms with Gasteiger partial charge in [0.2, 0.25) is 0 Å². The number of hydrogen-bond donors (Lipinski definition) is 1. The number of rotatable bonds is 9. The molecule has 0 aliphatic heterocycles. The molecule has 0 heterocycles. The van der Waals surface area contributed by atoms with Crippen LogP contribution < -0.4 is 4.74 Å². The molecule has 1 aromatic rings. The topological polar surface area (TPSA) is 29.5 Å². The van der Waals surface area contributed by atoms with E-state index < -0.39 is 18.2 Å². The van der Waals surface area contributed by atoms with Crippen molar-refractivity contribution in [3.63, 3.8) is 0 Å². The van der Waals surface area contributed by atoms with Crippen LogP contribution in [-0.4, -0.2) is 18.4 Å². The standard InChI is InChI=1S/C24H33F3O2/c1-7-10-18(4)11-8-9-12-20-16-22(29-6)21(15-19(20)5)23(28,24(25,26)27)14-13-17(2)3/h8,10,12,15-17,28H,7,11,13-14H2,1-6H3/b18-10+. The molecule has 0 fully saturated rings. The van der Waals surface area contributed by atoms with Gasteiger partial charge in [-0.25, -0.2) is 0 Å². The molecule has 0 aliphatic rings. The van der Waals surface area contributed by atoms with Crippen LogP contribution in [0.1, 0.15) is 70.1 Å². The fourth-order valence-corrected chi connectivity index (χ4v) is 3.08. The van der Waals surface area contributed by atoms with Crippen molar-refractivity contribution in [3.8, 4) is 5.75 Å². The lowest BCUT2D eigenvalue weighted by Gasteiger charge is -2.33. The average Bonchev–Trinajstić information content (AvgIpc) is 2.63. The summed E-state index contributed by atoms with van der Waals surface area (Å²) < 4.78 is 46.8. The van der Waals surface area contributed by atoms with E-state index in [0.717, 1.165) is 12.8 Å². The van der Waals surface area contributed by atoms with E-state index in [1.54, 1.807) is 13.0 Å². The van der Waals surface area contributed by atoms with Crippen LogP contribution in [0.5, 0.6) is 5.75 Å². The van der Waals surface area contributed by atoms with E-state index >= 15 is 0 Å². The summed E-state index contributed by atoms with van der Waals surface area (Å²) in [6, 6.07) is 2.91. The summed E-state index contributed by atoms with van der Waals surface area (Å²) >= 11 is 0. The second-order valence-corrected chi connectivity index (χ2v) is 7.88. The lowest BCUT2D eigenvalue weighted by atomic mass is 9.84. The third-order valence-corrected chi connectivity index (χ3v) is 4.92. The van der Waals surface area contributed by atoms with Crippen LogP contribution in [0.25, 0.3) is 6.08 Å².